The van der Waals surface area contributed by atoms with Crippen LogP contribution in [0.3, 0.4) is 0 Å². The number of aryl methyl sites for hydroxylation is 2. The molecule has 0 radical (unpaired) electrons. The number of nitrogens with zero attached hydrogens (tertiary/aromatic N) is 2. The van der Waals surface area contributed by atoms with E-state index < -0.39 is 0 Å². The number of carbonyl (C=O) groups excluding carboxylic acids is 2. The van der Waals surface area contributed by atoms with E-state index in [2.05, 4.69) is 101 Å². The summed E-state index contributed by atoms with van der Waals surface area (Å²) >= 11 is 1.89. The number of fused-ring (bicyclic) bond motifs is 8. The predicted octanol–water partition coefficient (Wildman–Crippen LogP) is 23.4. The Balaban J connectivity index is 1.07. The average molecular weight is 1140 g/mol. The van der Waals surface area contributed by atoms with E-state index in [4.69, 9.17) is 8.83 Å². The highest BCUT2D eigenvalue weighted by Gasteiger charge is 2.51. The minimum absolute atomic E-state index is 0.0896. The molecule has 2 aliphatic heterocycles. The third-order valence-electron chi connectivity index (χ3n) is 18.6. The van der Waals surface area contributed by atoms with Crippen LogP contribution in [0.4, 0.5) is 0 Å². The highest BCUT2D eigenvalue weighted by molar-refractivity contribution is 7.27. The van der Waals surface area contributed by atoms with Crippen LogP contribution in [0.25, 0.3) is 64.4 Å². The smallest absolute Gasteiger partial charge is 0.261 e. The Bertz CT molecular complexity index is 3270. The third-order valence-corrected chi connectivity index (χ3v) is 19.9. The second kappa shape index (κ2) is 31.7. The van der Waals surface area contributed by atoms with E-state index in [1.165, 1.54) is 196 Å². The van der Waals surface area contributed by atoms with Crippen molar-refractivity contribution in [2.75, 3.05) is 13.1 Å². The van der Waals surface area contributed by atoms with Crippen molar-refractivity contribution in [1.29, 1.82) is 0 Å². The first-order valence-corrected chi connectivity index (χ1v) is 34.6. The second-order valence-electron chi connectivity index (χ2n) is 25.4. The average Bonchev–Trinajstić information content (AvgIpc) is 2.63. The largest absolute Gasteiger partial charge is 0.460 e. The summed E-state index contributed by atoms with van der Waals surface area (Å²) in [7, 11) is 0. The van der Waals surface area contributed by atoms with Gasteiger partial charge in [-0.25, -0.2) is 0 Å². The monoisotopic (exact) mass is 1140 g/mol. The van der Waals surface area contributed by atoms with Crippen molar-refractivity contribution in [2.45, 2.75) is 247 Å². The van der Waals surface area contributed by atoms with Gasteiger partial charge in [-0.2, -0.15) is 0 Å². The molecule has 0 bridgehead atoms. The fraction of sp³-hybridized carbons (Fsp3) is 0.553. The van der Waals surface area contributed by atoms with E-state index in [1.54, 1.807) is 0 Å². The molecule has 0 aliphatic carbocycles. The first kappa shape index (κ1) is 62.1. The molecule has 2 amide bonds. The van der Waals surface area contributed by atoms with Crippen LogP contribution in [0.15, 0.2) is 105 Å². The fourth-order valence-corrected chi connectivity index (χ4v) is 15.2. The number of thiophene rings is 1. The van der Waals surface area contributed by atoms with Gasteiger partial charge >= 0.3 is 0 Å². The topological polar surface area (TPSA) is 66.9 Å². The van der Waals surface area contributed by atoms with Gasteiger partial charge in [-0.05, 0) is 103 Å². The minimum atomic E-state index is -0.0896. The summed E-state index contributed by atoms with van der Waals surface area (Å²) in [6.45, 7) is 14.4. The molecule has 7 aromatic rings. The van der Waals surface area contributed by atoms with E-state index >= 15 is 9.59 Å². The maximum atomic E-state index is 15.9. The molecule has 83 heavy (non-hydrogen) atoms. The van der Waals surface area contributed by atoms with Crippen molar-refractivity contribution >= 4 is 76.3 Å². The van der Waals surface area contributed by atoms with Crippen molar-refractivity contribution in [2.24, 2.45) is 11.8 Å². The van der Waals surface area contributed by atoms with Crippen LogP contribution < -0.4 is 0 Å². The van der Waals surface area contributed by atoms with Crippen LogP contribution >= 0.6 is 11.3 Å². The molecule has 0 N–H and O–H groups in total. The van der Waals surface area contributed by atoms with Gasteiger partial charge < -0.3 is 18.6 Å². The molecule has 6 nitrogen and oxygen atoms in total. The first-order valence-electron chi connectivity index (χ1n) is 33.8. The Morgan fingerprint density at radius 3 is 1.19 bits per heavy atom. The lowest BCUT2D eigenvalue weighted by molar-refractivity contribution is -0.124. The zero-order valence-corrected chi connectivity index (χ0v) is 53.0. The third kappa shape index (κ3) is 15.7. The highest BCUT2D eigenvalue weighted by atomic mass is 32.1. The Kier molecular flexibility index (Phi) is 23.7. The molecule has 0 spiro atoms. The van der Waals surface area contributed by atoms with Gasteiger partial charge in [0.05, 0.1) is 11.1 Å². The van der Waals surface area contributed by atoms with E-state index in [1.807, 2.05) is 46.3 Å². The zero-order valence-electron chi connectivity index (χ0n) is 52.2. The number of hydrogen-bond donors (Lipinski definition) is 0. The Morgan fingerprint density at radius 1 is 0.386 bits per heavy atom. The molecule has 0 fully saturated rings. The summed E-state index contributed by atoms with van der Waals surface area (Å²) in [5.74, 6) is 3.14. The maximum Gasteiger partial charge on any atom is 0.261 e. The molecule has 446 valence electrons. The van der Waals surface area contributed by atoms with Crippen LogP contribution in [0, 0.1) is 25.7 Å². The molecular formula is C76H102N2O4S. The number of benzene rings is 4. The minimum Gasteiger partial charge on any atom is -0.460 e. The highest BCUT2D eigenvalue weighted by Crippen LogP contribution is 2.49. The van der Waals surface area contributed by atoms with Crippen molar-refractivity contribution in [3.63, 3.8) is 0 Å². The lowest BCUT2D eigenvalue weighted by Gasteiger charge is -2.29. The number of amides is 2. The van der Waals surface area contributed by atoms with Crippen LogP contribution in [-0.2, 0) is 9.59 Å². The van der Waals surface area contributed by atoms with E-state index in [0.29, 0.717) is 59.0 Å². The molecule has 2 aliphatic rings. The summed E-state index contributed by atoms with van der Waals surface area (Å²) in [6, 6.07) is 30.6. The van der Waals surface area contributed by atoms with Crippen LogP contribution in [0.2, 0.25) is 0 Å². The normalized spacial score (nSPS) is 14.6. The van der Waals surface area contributed by atoms with Gasteiger partial charge in [-0.15, -0.1) is 11.3 Å². The van der Waals surface area contributed by atoms with Gasteiger partial charge in [0.2, 0.25) is 0 Å². The number of unbranched alkanes of at least 4 members (excludes halogenated alkanes) is 24. The molecule has 5 heterocycles. The summed E-state index contributed by atoms with van der Waals surface area (Å²) < 4.78 is 16.3. The van der Waals surface area contributed by atoms with Crippen LogP contribution in [0.5, 0.6) is 0 Å². The Labute approximate surface area is 503 Å². The van der Waals surface area contributed by atoms with Crippen molar-refractivity contribution in [1.82, 2.24) is 9.80 Å². The molecule has 4 aromatic carbocycles. The molecule has 0 saturated heterocycles. The van der Waals surface area contributed by atoms with Gasteiger partial charge in [0.15, 0.2) is 11.5 Å². The van der Waals surface area contributed by atoms with E-state index in [-0.39, 0.29) is 11.8 Å². The molecule has 2 unspecified atom stereocenters. The van der Waals surface area contributed by atoms with Crippen molar-refractivity contribution in [3.05, 3.63) is 119 Å². The predicted molar refractivity (Wildman–Crippen MR) is 355 cm³/mol. The second-order valence-corrected chi connectivity index (χ2v) is 26.4. The van der Waals surface area contributed by atoms with Crippen LogP contribution in [-0.4, -0.2) is 34.7 Å². The molecule has 7 heteroatoms. The van der Waals surface area contributed by atoms with Crippen LogP contribution in [0.1, 0.15) is 256 Å². The van der Waals surface area contributed by atoms with Gasteiger partial charge in [-0.3, -0.25) is 9.59 Å². The molecular weight excluding hydrogens is 1040 g/mol. The molecule has 0 saturated carbocycles. The lowest BCUT2D eigenvalue weighted by atomic mass is 9.93. The summed E-state index contributed by atoms with van der Waals surface area (Å²) in [5, 5.41) is 7.56. The Morgan fingerprint density at radius 2 is 0.759 bits per heavy atom. The molecule has 2 atom stereocenters. The fourth-order valence-electron chi connectivity index (χ4n) is 13.8. The maximum absolute atomic E-state index is 15.9. The summed E-state index contributed by atoms with van der Waals surface area (Å²) in [5.41, 5.74) is 4.52. The standard InChI is InChI=1S/C76H102N2O4S/c1-7-11-15-19-23-25-29-33-37-57(35-31-27-21-17-13-9-3)53-77-71(67-48-40-56(6)81-67)69-70(76(77)80)72(78(75(69)79)54-58(36-32-28-22-18-14-10-4)38-34-30-26-24-20-16-12-8-2)68-50-49-66(82-68)61-43-45-63-60(52-61)42-47-65-64-46-41-59-51-55(5)39-44-62(59)73(64)83-74(63)65/h39-52,57-58H,7-38,53-54H2,1-6H3. The number of furan rings is 2. The quantitative estimate of drug-likeness (QED) is 0.0360. The molecule has 9 rings (SSSR count). The van der Waals surface area contributed by atoms with Crippen molar-refractivity contribution in [3.8, 4) is 11.3 Å². The van der Waals surface area contributed by atoms with E-state index in [0.717, 1.165) is 73.8 Å². The van der Waals surface area contributed by atoms with Gasteiger partial charge in [0.25, 0.3) is 11.8 Å². The van der Waals surface area contributed by atoms with Crippen molar-refractivity contribution < 1.29 is 18.4 Å². The Hall–Kier alpha value is -5.40. The number of hydrogen-bond acceptors (Lipinski definition) is 5. The van der Waals surface area contributed by atoms with Gasteiger partial charge in [0.1, 0.15) is 22.9 Å². The number of rotatable bonds is 39. The molecule has 3 aromatic heterocycles. The summed E-state index contributed by atoms with van der Waals surface area (Å²) in [6.07, 6.45) is 39.6. The SMILES string of the molecule is CCCCCCCCCCC(CCCCCCCC)CN1C(=O)C2=C(c3ccc(-c4ccc5c(ccc6c7ccc8cc(C)ccc8c7sc56)c4)o3)N(CC(CCCCCCCC)CCCCCCCCCC)C(=O)C2=C1c1ccc(C)o1. The number of carbonyl (C=O) groups is 2. The van der Waals surface area contributed by atoms with E-state index in [9.17, 15) is 0 Å². The summed E-state index contributed by atoms with van der Waals surface area (Å²) in [4.78, 5) is 35.8. The first-order chi connectivity index (χ1) is 40.7. The van der Waals surface area contributed by atoms with Gasteiger partial charge in [0, 0.05) is 38.8 Å². The lowest BCUT2D eigenvalue weighted by Crippen LogP contribution is -2.34. The zero-order chi connectivity index (χ0) is 57.9. The van der Waals surface area contributed by atoms with Gasteiger partial charge in [-0.1, -0.05) is 268 Å².